The fraction of sp³-hybridized carbons (Fsp3) is 0.143. The van der Waals surface area contributed by atoms with Gasteiger partial charge in [0.1, 0.15) is 11.9 Å². The van der Waals surface area contributed by atoms with Crippen LogP contribution in [0.4, 0.5) is 4.39 Å². The average molecular weight is 140 g/mol. The zero-order valence-corrected chi connectivity index (χ0v) is 5.89. The average Bonchev–Trinajstić information content (AvgIpc) is 1.94. The molecule has 0 aromatic carbocycles. The molecule has 0 heterocycles. The highest BCUT2D eigenvalue weighted by Gasteiger charge is 1.93. The van der Waals surface area contributed by atoms with Gasteiger partial charge in [-0.25, -0.2) is 4.39 Å². The van der Waals surface area contributed by atoms with Crippen molar-refractivity contribution in [3.63, 3.8) is 0 Å². The number of halogens is 1. The molecule has 0 rings (SSSR count). The highest BCUT2D eigenvalue weighted by Crippen LogP contribution is 2.02. The lowest BCUT2D eigenvalue weighted by molar-refractivity contribution is 0.631. The minimum atomic E-state index is -0.595. The summed E-state index contributed by atoms with van der Waals surface area (Å²) >= 11 is 0. The molecule has 0 unspecified atom stereocenters. The van der Waals surface area contributed by atoms with Crippen LogP contribution in [0.5, 0.6) is 0 Å². The molecule has 3 heteroatoms. The lowest BCUT2D eigenvalue weighted by atomic mass is 10.4. The van der Waals surface area contributed by atoms with Gasteiger partial charge in [-0.1, -0.05) is 0 Å². The molecular weight excluding hydrogens is 131 g/mol. The van der Waals surface area contributed by atoms with E-state index in [-0.39, 0.29) is 5.70 Å². The van der Waals surface area contributed by atoms with E-state index in [0.717, 1.165) is 6.92 Å². The summed E-state index contributed by atoms with van der Waals surface area (Å²) in [5, 5.41) is 8.01. The van der Waals surface area contributed by atoms with Crippen molar-refractivity contribution >= 4 is 6.72 Å². The number of rotatable bonds is 1. The molecule has 54 valence electrons. The molecule has 0 atom stereocenters. The van der Waals surface area contributed by atoms with Crippen molar-refractivity contribution in [1.82, 2.24) is 0 Å². The second-order valence-corrected chi connectivity index (χ2v) is 1.15. The van der Waals surface area contributed by atoms with E-state index in [0.29, 0.717) is 0 Å². The van der Waals surface area contributed by atoms with E-state index >= 15 is 0 Å². The van der Waals surface area contributed by atoms with Gasteiger partial charge in [-0.3, -0.25) is 4.99 Å². The third-order valence-corrected chi connectivity index (χ3v) is 0.590. The molecule has 0 aromatic heterocycles. The standard InChI is InChI=1S/C5H5FN2.C2H4/c1-4(6)5(3-7)8-2;1-2/h2H2,1H3;1-2H2/b5-4+;. The van der Waals surface area contributed by atoms with E-state index in [4.69, 9.17) is 5.26 Å². The van der Waals surface area contributed by atoms with Crippen molar-refractivity contribution < 1.29 is 4.39 Å². The number of hydrogen-bond acceptors (Lipinski definition) is 2. The Hall–Kier alpha value is -1.43. The molecule has 0 saturated heterocycles. The summed E-state index contributed by atoms with van der Waals surface area (Å²) in [6.45, 7) is 10.1. The van der Waals surface area contributed by atoms with Crippen LogP contribution in [0.25, 0.3) is 0 Å². The Balaban J connectivity index is 0. The summed E-state index contributed by atoms with van der Waals surface area (Å²) in [6, 6.07) is 1.53. The Bertz CT molecular complexity index is 173. The Kier molecular flexibility index (Phi) is 8.61. The predicted octanol–water partition coefficient (Wildman–Crippen LogP) is 2.21. The first-order valence-electron chi connectivity index (χ1n) is 2.45. The number of allylic oxidation sites excluding steroid dienone is 2. The second kappa shape index (κ2) is 7.57. The molecule has 2 nitrogen and oxygen atoms in total. The Labute approximate surface area is 60.0 Å². The first kappa shape index (κ1) is 11.4. The molecule has 0 aliphatic carbocycles. The van der Waals surface area contributed by atoms with Crippen LogP contribution in [0.1, 0.15) is 6.92 Å². The number of nitriles is 1. The van der Waals surface area contributed by atoms with Crippen LogP contribution in [0.3, 0.4) is 0 Å². The largest absolute Gasteiger partial charge is 0.251 e. The van der Waals surface area contributed by atoms with Gasteiger partial charge in [0, 0.05) is 0 Å². The topological polar surface area (TPSA) is 36.1 Å². The van der Waals surface area contributed by atoms with Crippen molar-refractivity contribution in [3.05, 3.63) is 24.7 Å². The third-order valence-electron chi connectivity index (χ3n) is 0.590. The maximum atomic E-state index is 11.9. The molecule has 0 aromatic rings. The molecule has 0 fully saturated rings. The van der Waals surface area contributed by atoms with E-state index < -0.39 is 5.83 Å². The summed E-state index contributed by atoms with van der Waals surface area (Å²) in [5.74, 6) is -0.595. The van der Waals surface area contributed by atoms with Gasteiger partial charge < -0.3 is 0 Å². The minimum Gasteiger partial charge on any atom is -0.251 e. The maximum absolute atomic E-state index is 11.9. The zero-order chi connectivity index (χ0) is 8.57. The van der Waals surface area contributed by atoms with E-state index in [1.165, 1.54) is 6.07 Å². The smallest absolute Gasteiger partial charge is 0.171 e. The van der Waals surface area contributed by atoms with Gasteiger partial charge in [0.05, 0.1) is 0 Å². The Morgan fingerprint density at radius 1 is 1.60 bits per heavy atom. The number of hydrogen-bond donors (Lipinski definition) is 0. The van der Waals surface area contributed by atoms with Gasteiger partial charge in [0.15, 0.2) is 5.70 Å². The molecule has 0 saturated carbocycles. The fourth-order valence-corrected chi connectivity index (χ4v) is 0.221. The van der Waals surface area contributed by atoms with Crippen molar-refractivity contribution in [2.45, 2.75) is 6.92 Å². The van der Waals surface area contributed by atoms with E-state index in [1.807, 2.05) is 0 Å². The lowest BCUT2D eigenvalue weighted by Gasteiger charge is -1.82. The van der Waals surface area contributed by atoms with Crippen molar-refractivity contribution in [1.29, 1.82) is 5.26 Å². The van der Waals surface area contributed by atoms with Crippen LogP contribution in [0.2, 0.25) is 0 Å². The molecule has 0 aliphatic rings. The fourth-order valence-electron chi connectivity index (χ4n) is 0.221. The van der Waals surface area contributed by atoms with Gasteiger partial charge in [0.25, 0.3) is 0 Å². The number of nitrogens with zero attached hydrogens (tertiary/aromatic N) is 2. The van der Waals surface area contributed by atoms with E-state index in [2.05, 4.69) is 24.9 Å². The normalized spacial score (nSPS) is 9.70. The summed E-state index contributed by atoms with van der Waals surface area (Å²) in [4.78, 5) is 3.10. The van der Waals surface area contributed by atoms with Gasteiger partial charge in [0.2, 0.25) is 0 Å². The van der Waals surface area contributed by atoms with Crippen molar-refractivity contribution in [2.75, 3.05) is 0 Å². The van der Waals surface area contributed by atoms with Crippen molar-refractivity contribution in [2.24, 2.45) is 4.99 Å². The van der Waals surface area contributed by atoms with Crippen LogP contribution >= 0.6 is 0 Å². The first-order chi connectivity index (χ1) is 4.72. The summed E-state index contributed by atoms with van der Waals surface area (Å²) in [7, 11) is 0. The van der Waals surface area contributed by atoms with Crippen LogP contribution < -0.4 is 0 Å². The summed E-state index contributed by atoms with van der Waals surface area (Å²) in [5.41, 5.74) is -0.245. The quantitative estimate of drug-likeness (QED) is 0.312. The Morgan fingerprint density at radius 2 is 2.00 bits per heavy atom. The number of aliphatic imine (C=N–C) groups is 1. The molecule has 0 amide bonds. The SMILES string of the molecule is C=C.C=N/C(C#N)=C(\C)F. The minimum absolute atomic E-state index is 0.245. The molecule has 0 N–H and O–H groups in total. The summed E-state index contributed by atoms with van der Waals surface area (Å²) in [6.07, 6.45) is 0. The second-order valence-electron chi connectivity index (χ2n) is 1.15. The zero-order valence-electron chi connectivity index (χ0n) is 5.89. The van der Waals surface area contributed by atoms with Crippen LogP contribution in [-0.4, -0.2) is 6.72 Å². The van der Waals surface area contributed by atoms with Gasteiger partial charge in [-0.15, -0.1) is 13.2 Å². The highest BCUT2D eigenvalue weighted by molar-refractivity contribution is 5.35. The molecule has 0 radical (unpaired) electrons. The third kappa shape index (κ3) is 4.72. The van der Waals surface area contributed by atoms with E-state index in [9.17, 15) is 4.39 Å². The summed E-state index contributed by atoms with van der Waals surface area (Å²) < 4.78 is 11.9. The molecule has 0 spiro atoms. The van der Waals surface area contributed by atoms with Gasteiger partial charge in [-0.05, 0) is 13.6 Å². The van der Waals surface area contributed by atoms with E-state index in [1.54, 1.807) is 0 Å². The van der Waals surface area contributed by atoms with Crippen LogP contribution in [-0.2, 0) is 0 Å². The highest BCUT2D eigenvalue weighted by atomic mass is 19.1. The monoisotopic (exact) mass is 140 g/mol. The molecule has 10 heavy (non-hydrogen) atoms. The first-order valence-corrected chi connectivity index (χ1v) is 2.45. The Morgan fingerprint density at radius 3 is 2.00 bits per heavy atom. The molecule has 0 aliphatic heterocycles. The maximum Gasteiger partial charge on any atom is 0.171 e. The van der Waals surface area contributed by atoms with Crippen molar-refractivity contribution in [3.8, 4) is 6.07 Å². The molecule has 0 bridgehead atoms. The van der Waals surface area contributed by atoms with Gasteiger partial charge in [-0.2, -0.15) is 5.26 Å². The predicted molar refractivity (Wildman–Crippen MR) is 40.2 cm³/mol. The van der Waals surface area contributed by atoms with Crippen LogP contribution in [0, 0.1) is 11.3 Å². The van der Waals surface area contributed by atoms with Gasteiger partial charge >= 0.3 is 0 Å². The van der Waals surface area contributed by atoms with Crippen LogP contribution in [0.15, 0.2) is 29.7 Å². The lowest BCUT2D eigenvalue weighted by Crippen LogP contribution is -1.72. The molecular formula is C7H9FN2.